The van der Waals surface area contributed by atoms with Crippen molar-refractivity contribution >= 4 is 13.0 Å². The molecule has 1 aromatic heterocycles. The molecule has 0 aliphatic carbocycles. The fourth-order valence-corrected chi connectivity index (χ4v) is 0.425. The summed E-state index contributed by atoms with van der Waals surface area (Å²) in [6, 6.07) is 1.63. The molecule has 0 aliphatic rings. The summed E-state index contributed by atoms with van der Waals surface area (Å²) in [4.78, 5) is 0. The Morgan fingerprint density at radius 2 is 2.62 bits per heavy atom. The van der Waals surface area contributed by atoms with Gasteiger partial charge < -0.3 is 0 Å². The molecule has 0 amide bonds. The summed E-state index contributed by atoms with van der Waals surface area (Å²) < 4.78 is 1.33. The molecule has 0 bridgehead atoms. The van der Waals surface area contributed by atoms with Gasteiger partial charge in [-0.3, -0.25) is 0 Å². The van der Waals surface area contributed by atoms with Gasteiger partial charge in [-0.2, -0.15) is 0 Å². The van der Waals surface area contributed by atoms with Crippen molar-refractivity contribution in [2.45, 2.75) is 0 Å². The van der Waals surface area contributed by atoms with E-state index < -0.39 is 0 Å². The van der Waals surface area contributed by atoms with Crippen LogP contribution in [0.3, 0.4) is 0 Å². The zero-order valence-electron chi connectivity index (χ0n) is 4.20. The quantitative estimate of drug-likeness (QED) is 0.484. The molecule has 0 aromatic carbocycles. The summed E-state index contributed by atoms with van der Waals surface area (Å²) in [5, 5.41) is 10.4. The van der Waals surface area contributed by atoms with Crippen LogP contribution in [0.2, 0.25) is 0 Å². The van der Waals surface area contributed by atoms with Crippen molar-refractivity contribution in [3.8, 4) is 0 Å². The van der Waals surface area contributed by atoms with Crippen molar-refractivity contribution in [1.82, 2.24) is 9.69 Å². The zero-order valence-corrected chi connectivity index (χ0v) is 4.20. The van der Waals surface area contributed by atoms with Gasteiger partial charge >= 0.3 is 46.0 Å². The van der Waals surface area contributed by atoms with E-state index in [-0.39, 0.29) is 0 Å². The van der Waals surface area contributed by atoms with Crippen LogP contribution in [0.4, 0.5) is 5.82 Å². The van der Waals surface area contributed by atoms with Gasteiger partial charge in [0, 0.05) is 0 Å². The first-order valence-electron chi connectivity index (χ1n) is 2.14. The van der Waals surface area contributed by atoms with Crippen molar-refractivity contribution in [2.24, 2.45) is 0 Å². The second kappa shape index (κ2) is 1.77. The number of nitrogens with two attached hydrogens (primary N) is 1. The second-order valence-electron chi connectivity index (χ2n) is 1.35. The molecule has 4 nitrogen and oxygen atoms in total. The predicted molar refractivity (Wildman–Crippen MR) is 30.5 cm³/mol. The maximum atomic E-state index is 6.68. The van der Waals surface area contributed by atoms with Crippen LogP contribution in [0.15, 0.2) is 12.3 Å². The molecule has 8 heavy (non-hydrogen) atoms. The van der Waals surface area contributed by atoms with Crippen molar-refractivity contribution in [1.29, 1.82) is 5.31 Å². The third kappa shape index (κ3) is 0.751. The van der Waals surface area contributed by atoms with E-state index in [1.54, 1.807) is 12.3 Å². The molecule has 1 rings (SSSR count). The first kappa shape index (κ1) is 5.02. The van der Waals surface area contributed by atoms with Crippen LogP contribution < -0.4 is 5.73 Å². The second-order valence-corrected chi connectivity index (χ2v) is 1.35. The molecule has 0 spiro atoms. The van der Waals surface area contributed by atoms with Crippen molar-refractivity contribution < 1.29 is 0 Å². The van der Waals surface area contributed by atoms with E-state index in [4.69, 9.17) is 11.0 Å². The molecule has 0 aliphatic heterocycles. The Hall–Kier alpha value is -1.13. The summed E-state index contributed by atoms with van der Waals surface area (Å²) in [6.07, 6.45) is 1.61. The summed E-state index contributed by atoms with van der Waals surface area (Å²) in [5.41, 5.74) is 5.22. The first-order chi connectivity index (χ1) is 3.83. The first-order valence-corrected chi connectivity index (χ1v) is 2.14. The van der Waals surface area contributed by atoms with Crippen molar-refractivity contribution in [2.75, 3.05) is 5.73 Å². The van der Waals surface area contributed by atoms with Crippen LogP contribution in [0.1, 0.15) is 0 Å². The predicted octanol–water partition coefficient (Wildman–Crippen LogP) is -0.305. The standard InChI is InChI=1S/C3H5BN4/c5-3-1-2-8(4-6)7-3/h1-2,6H,(H2,5,7). The van der Waals surface area contributed by atoms with E-state index >= 15 is 0 Å². The molecule has 0 atom stereocenters. The van der Waals surface area contributed by atoms with Gasteiger partial charge in [0.2, 0.25) is 0 Å². The van der Waals surface area contributed by atoms with Crippen LogP contribution >= 0.6 is 0 Å². The number of nitrogens with zero attached hydrogens (tertiary/aromatic N) is 2. The zero-order chi connectivity index (χ0) is 5.98. The van der Waals surface area contributed by atoms with Crippen LogP contribution in [0.5, 0.6) is 0 Å². The van der Waals surface area contributed by atoms with Gasteiger partial charge in [0.15, 0.2) is 0 Å². The van der Waals surface area contributed by atoms with Crippen LogP contribution in [-0.4, -0.2) is 16.9 Å². The molecule has 0 radical (unpaired) electrons. The van der Waals surface area contributed by atoms with Gasteiger partial charge in [0.25, 0.3) is 0 Å². The van der Waals surface area contributed by atoms with E-state index in [1.807, 2.05) is 0 Å². The number of hydrogen-bond donors (Lipinski definition) is 2. The van der Waals surface area contributed by atoms with Gasteiger partial charge in [-0.1, -0.05) is 0 Å². The van der Waals surface area contributed by atoms with E-state index in [0.29, 0.717) is 5.82 Å². The van der Waals surface area contributed by atoms with Gasteiger partial charge in [-0.05, 0) is 0 Å². The van der Waals surface area contributed by atoms with Gasteiger partial charge in [-0.25, -0.2) is 0 Å². The molecule has 3 N–H and O–H groups in total. The molecular weight excluding hydrogens is 103 g/mol. The Balaban J connectivity index is 3.00. The van der Waals surface area contributed by atoms with Gasteiger partial charge in [0.05, 0.1) is 0 Å². The summed E-state index contributed by atoms with van der Waals surface area (Å²) >= 11 is 0. The summed E-state index contributed by atoms with van der Waals surface area (Å²) in [6.45, 7) is 0. The normalized spacial score (nSPS) is 8.50. The van der Waals surface area contributed by atoms with E-state index in [0.717, 1.165) is 7.21 Å². The maximum absolute atomic E-state index is 6.68. The Morgan fingerprint density at radius 3 is 2.88 bits per heavy atom. The number of nitrogen functional groups attached to an aromatic ring is 1. The summed E-state index contributed by atoms with van der Waals surface area (Å²) in [7, 11) is 1.08. The molecule has 0 unspecified atom stereocenters. The molecule has 40 valence electrons. The molecule has 5 heteroatoms. The Kier molecular flexibility index (Phi) is 1.11. The van der Waals surface area contributed by atoms with E-state index in [9.17, 15) is 0 Å². The van der Waals surface area contributed by atoms with E-state index in [2.05, 4.69) is 5.10 Å². The minimum absolute atomic E-state index is 0.438. The average Bonchev–Trinajstić information content (AvgIpc) is 2.14. The molecular formula is C3H5BN4. The van der Waals surface area contributed by atoms with Gasteiger partial charge in [0.1, 0.15) is 0 Å². The molecule has 0 saturated carbocycles. The number of anilines is 1. The van der Waals surface area contributed by atoms with Crippen LogP contribution in [0.25, 0.3) is 0 Å². The third-order valence-electron chi connectivity index (χ3n) is 0.761. The SMILES string of the molecule is N=Bn1ccc(N)n1. The number of aromatic nitrogens is 2. The van der Waals surface area contributed by atoms with Crippen LogP contribution in [-0.2, 0) is 0 Å². The van der Waals surface area contributed by atoms with Crippen molar-refractivity contribution in [3.63, 3.8) is 0 Å². The average molecular weight is 108 g/mol. The summed E-state index contributed by atoms with van der Waals surface area (Å²) in [5.74, 6) is 0.438. The third-order valence-corrected chi connectivity index (χ3v) is 0.761. The number of nitrogens with one attached hydrogen (secondary N) is 1. The molecule has 0 saturated heterocycles. The number of hydrogen-bond acceptors (Lipinski definition) is 3. The Bertz CT molecular complexity index is 193. The minimum atomic E-state index is 0.438. The Labute approximate surface area is 47.1 Å². The topological polar surface area (TPSA) is 67.7 Å². The Morgan fingerprint density at radius 1 is 1.88 bits per heavy atom. The number of rotatable bonds is 1. The van der Waals surface area contributed by atoms with E-state index in [1.165, 1.54) is 4.59 Å². The fraction of sp³-hybridized carbons (Fsp3) is 0. The van der Waals surface area contributed by atoms with Gasteiger partial charge in [-0.15, -0.1) is 0 Å². The van der Waals surface area contributed by atoms with Crippen molar-refractivity contribution in [3.05, 3.63) is 12.3 Å². The molecule has 1 heterocycles. The molecule has 1 aromatic rings. The van der Waals surface area contributed by atoms with Crippen LogP contribution in [0, 0.1) is 5.31 Å². The monoisotopic (exact) mass is 108 g/mol. The molecule has 0 fully saturated rings. The fourth-order valence-electron chi connectivity index (χ4n) is 0.425.